The average Bonchev–Trinajstić information content (AvgIpc) is 3.46. The predicted molar refractivity (Wildman–Crippen MR) is 187 cm³/mol. The Kier molecular flexibility index (Phi) is 11.6. The Morgan fingerprint density at radius 1 is 1.06 bits per heavy atom. The van der Waals surface area contributed by atoms with E-state index in [4.69, 9.17) is 49.3 Å². The molecule has 2 aromatic heterocycles. The summed E-state index contributed by atoms with van der Waals surface area (Å²) in [6, 6.07) is 15.2. The van der Waals surface area contributed by atoms with Crippen molar-refractivity contribution in [3.63, 3.8) is 0 Å². The Labute approximate surface area is 290 Å². The molecule has 1 saturated heterocycles. The molecule has 2 aromatic carbocycles. The third-order valence-corrected chi connectivity index (χ3v) is 9.16. The van der Waals surface area contributed by atoms with Crippen LogP contribution >= 0.6 is 34.8 Å². The number of rotatable bonds is 13. The standard InChI is InChI=1S/C35H38Cl3N5O4/c1-20(44)18-43(2)19-22-9-8-21(14-30(22)46-3)34-33(38)25(12-13-40-34)24-6-5-7-26(32(24)37)29-15-28(36)27(35(42-29)47-4)17-39-16-23-10-11-31(45)41-23/h5-9,12-15,20,23,39,44H,10-11,16-19H2,1-4H3,(H,41,45)/t20?,23-/m1/s1. The van der Waals surface area contributed by atoms with Crippen LogP contribution in [0.4, 0.5) is 0 Å². The maximum Gasteiger partial charge on any atom is 0.220 e. The lowest BCUT2D eigenvalue weighted by molar-refractivity contribution is -0.119. The van der Waals surface area contributed by atoms with Gasteiger partial charge >= 0.3 is 0 Å². The molecule has 248 valence electrons. The number of carbonyl (C=O) groups excluding carboxylic acids is 1. The first kappa shape index (κ1) is 34.9. The van der Waals surface area contributed by atoms with Crippen LogP contribution in [0.3, 0.4) is 0 Å². The summed E-state index contributed by atoms with van der Waals surface area (Å²) in [6.45, 7) is 3.96. The third kappa shape index (κ3) is 8.17. The number of amides is 1. The van der Waals surface area contributed by atoms with Gasteiger partial charge in [-0.1, -0.05) is 65.1 Å². The minimum absolute atomic E-state index is 0.0740. The molecule has 0 radical (unpaired) electrons. The molecule has 0 aliphatic carbocycles. The second-order valence-corrected chi connectivity index (χ2v) is 12.8. The van der Waals surface area contributed by atoms with E-state index in [1.165, 1.54) is 0 Å². The van der Waals surface area contributed by atoms with Crippen molar-refractivity contribution < 1.29 is 19.4 Å². The fourth-order valence-electron chi connectivity index (χ4n) is 5.81. The van der Waals surface area contributed by atoms with Crippen LogP contribution in [0.15, 0.2) is 54.7 Å². The number of aliphatic hydroxyl groups is 1. The molecule has 1 aliphatic heterocycles. The monoisotopic (exact) mass is 697 g/mol. The molecular formula is C35H38Cl3N5O4. The first-order valence-electron chi connectivity index (χ1n) is 15.3. The van der Waals surface area contributed by atoms with Gasteiger partial charge in [-0.05, 0) is 38.6 Å². The van der Waals surface area contributed by atoms with Crippen LogP contribution in [-0.2, 0) is 17.9 Å². The maximum atomic E-state index is 11.5. The number of hydrogen-bond acceptors (Lipinski definition) is 8. The molecule has 3 heterocycles. The second-order valence-electron chi connectivity index (χ2n) is 11.7. The van der Waals surface area contributed by atoms with E-state index in [0.29, 0.717) is 92.9 Å². The van der Waals surface area contributed by atoms with Crippen molar-refractivity contribution in [2.24, 2.45) is 0 Å². The molecule has 12 heteroatoms. The lowest BCUT2D eigenvalue weighted by Crippen LogP contribution is -2.35. The van der Waals surface area contributed by atoms with E-state index in [0.717, 1.165) is 17.5 Å². The molecule has 47 heavy (non-hydrogen) atoms. The summed E-state index contributed by atoms with van der Waals surface area (Å²) in [5.74, 6) is 1.16. The van der Waals surface area contributed by atoms with E-state index in [9.17, 15) is 9.90 Å². The topological polar surface area (TPSA) is 109 Å². The molecule has 2 atom stereocenters. The predicted octanol–water partition coefficient (Wildman–Crippen LogP) is 6.64. The van der Waals surface area contributed by atoms with Crippen molar-refractivity contribution in [1.29, 1.82) is 0 Å². The summed E-state index contributed by atoms with van der Waals surface area (Å²) in [6.07, 6.45) is 2.62. The molecule has 1 amide bonds. The molecule has 5 rings (SSSR count). The van der Waals surface area contributed by atoms with Gasteiger partial charge in [-0.2, -0.15) is 0 Å². The Bertz CT molecular complexity index is 1750. The highest BCUT2D eigenvalue weighted by atomic mass is 35.5. The number of halogens is 3. The molecule has 4 aromatic rings. The van der Waals surface area contributed by atoms with Crippen molar-refractivity contribution in [2.45, 2.75) is 45.0 Å². The minimum Gasteiger partial charge on any atom is -0.496 e. The smallest absolute Gasteiger partial charge is 0.220 e. The van der Waals surface area contributed by atoms with Gasteiger partial charge in [0.25, 0.3) is 0 Å². The fourth-order valence-corrected chi connectivity index (χ4v) is 6.71. The summed E-state index contributed by atoms with van der Waals surface area (Å²) < 4.78 is 11.3. The largest absolute Gasteiger partial charge is 0.496 e. The van der Waals surface area contributed by atoms with E-state index in [1.807, 2.05) is 54.4 Å². The first-order valence-corrected chi connectivity index (χ1v) is 16.4. The summed E-state index contributed by atoms with van der Waals surface area (Å²) in [7, 11) is 5.13. The zero-order chi connectivity index (χ0) is 33.7. The highest BCUT2D eigenvalue weighted by Crippen LogP contribution is 2.43. The number of ether oxygens (including phenoxy) is 2. The van der Waals surface area contributed by atoms with Crippen LogP contribution < -0.4 is 20.1 Å². The quantitative estimate of drug-likeness (QED) is 0.143. The van der Waals surface area contributed by atoms with Crippen molar-refractivity contribution >= 4 is 40.7 Å². The molecule has 3 N–H and O–H groups in total. The van der Waals surface area contributed by atoms with Crippen molar-refractivity contribution in [3.05, 3.63) is 80.9 Å². The van der Waals surface area contributed by atoms with Gasteiger partial charge in [0.1, 0.15) is 5.75 Å². The molecule has 0 spiro atoms. The molecule has 9 nitrogen and oxygen atoms in total. The Hall–Kier alpha value is -3.44. The number of nitrogens with zero attached hydrogens (tertiary/aromatic N) is 3. The highest BCUT2D eigenvalue weighted by Gasteiger charge is 2.22. The van der Waals surface area contributed by atoms with Gasteiger partial charge in [0, 0.05) is 78.2 Å². The zero-order valence-electron chi connectivity index (χ0n) is 26.7. The molecule has 0 bridgehead atoms. The number of pyridine rings is 2. The number of benzene rings is 2. The highest BCUT2D eigenvalue weighted by molar-refractivity contribution is 6.39. The molecule has 0 saturated carbocycles. The van der Waals surface area contributed by atoms with Crippen molar-refractivity contribution in [2.75, 3.05) is 34.4 Å². The van der Waals surface area contributed by atoms with Crippen LogP contribution in [0.1, 0.15) is 30.9 Å². The van der Waals surface area contributed by atoms with E-state index in [-0.39, 0.29) is 11.9 Å². The number of nitrogens with one attached hydrogen (secondary N) is 2. The maximum absolute atomic E-state index is 11.5. The summed E-state index contributed by atoms with van der Waals surface area (Å²) in [5.41, 5.74) is 5.71. The van der Waals surface area contributed by atoms with Crippen molar-refractivity contribution in [1.82, 2.24) is 25.5 Å². The van der Waals surface area contributed by atoms with E-state index in [1.54, 1.807) is 33.4 Å². The Morgan fingerprint density at radius 3 is 2.53 bits per heavy atom. The summed E-state index contributed by atoms with van der Waals surface area (Å²) in [4.78, 5) is 22.9. The lowest BCUT2D eigenvalue weighted by atomic mass is 9.99. The van der Waals surface area contributed by atoms with Crippen LogP contribution in [0.2, 0.25) is 15.1 Å². The fraction of sp³-hybridized carbons (Fsp3) is 0.343. The van der Waals surface area contributed by atoms with Crippen LogP contribution in [0.5, 0.6) is 11.6 Å². The summed E-state index contributed by atoms with van der Waals surface area (Å²) >= 11 is 20.9. The molecule has 1 unspecified atom stereocenters. The van der Waals surface area contributed by atoms with E-state index >= 15 is 0 Å². The first-order chi connectivity index (χ1) is 22.6. The van der Waals surface area contributed by atoms with Crippen LogP contribution in [0, 0.1) is 0 Å². The van der Waals surface area contributed by atoms with E-state index in [2.05, 4.69) is 15.6 Å². The summed E-state index contributed by atoms with van der Waals surface area (Å²) in [5, 5.41) is 17.4. The molecular weight excluding hydrogens is 661 g/mol. The van der Waals surface area contributed by atoms with Gasteiger partial charge in [0.2, 0.25) is 11.8 Å². The normalized spacial score (nSPS) is 15.2. The SMILES string of the molecule is COc1cc(-c2nccc(-c3cccc(-c4cc(Cl)c(CNC[C@H]5CCC(=O)N5)c(OC)n4)c3Cl)c2Cl)ccc1CN(C)CC(C)O. The Morgan fingerprint density at radius 2 is 1.83 bits per heavy atom. The van der Waals surface area contributed by atoms with Gasteiger partial charge in [-0.3, -0.25) is 14.7 Å². The van der Waals surface area contributed by atoms with Gasteiger partial charge in [-0.15, -0.1) is 0 Å². The van der Waals surface area contributed by atoms with Gasteiger partial charge in [-0.25, -0.2) is 4.98 Å². The average molecular weight is 699 g/mol. The van der Waals surface area contributed by atoms with Crippen LogP contribution in [0.25, 0.3) is 33.6 Å². The van der Waals surface area contributed by atoms with Crippen molar-refractivity contribution in [3.8, 4) is 45.3 Å². The molecule has 1 fully saturated rings. The number of likely N-dealkylation sites (N-methyl/N-ethyl adjacent to an activating group) is 1. The Balaban J connectivity index is 1.42. The third-order valence-electron chi connectivity index (χ3n) is 8.03. The number of methoxy groups -OCH3 is 2. The van der Waals surface area contributed by atoms with Gasteiger partial charge < -0.3 is 25.2 Å². The zero-order valence-corrected chi connectivity index (χ0v) is 29.0. The number of aromatic nitrogens is 2. The van der Waals surface area contributed by atoms with E-state index < -0.39 is 6.10 Å². The van der Waals surface area contributed by atoms with Gasteiger partial charge in [0.15, 0.2) is 0 Å². The minimum atomic E-state index is -0.434. The second kappa shape index (κ2) is 15.6. The van der Waals surface area contributed by atoms with Gasteiger partial charge in [0.05, 0.1) is 46.8 Å². The number of carbonyl (C=O) groups is 1. The lowest BCUT2D eigenvalue weighted by Gasteiger charge is -2.20. The molecule has 1 aliphatic rings. The number of aliphatic hydroxyl groups excluding tert-OH is 1. The van der Waals surface area contributed by atoms with Crippen LogP contribution in [-0.4, -0.2) is 72.4 Å². The number of hydrogen-bond donors (Lipinski definition) is 3.